The Morgan fingerprint density at radius 3 is 2.39 bits per heavy atom. The maximum Gasteiger partial charge on any atom is 0.268 e. The lowest BCUT2D eigenvalue weighted by Gasteiger charge is -2.17. The average molecular weight is 469 g/mol. The molecule has 4 rings (SSSR count). The van der Waals surface area contributed by atoms with Gasteiger partial charge in [0.2, 0.25) is 0 Å². The normalized spacial score (nSPS) is 15.2. The maximum absolute atomic E-state index is 13.3. The minimum Gasteiger partial charge on any atom is -0.469 e. The van der Waals surface area contributed by atoms with E-state index < -0.39 is 21.7 Å². The largest absolute Gasteiger partial charge is 0.469 e. The molecule has 0 bridgehead atoms. The van der Waals surface area contributed by atoms with Crippen LogP contribution in [-0.4, -0.2) is 31.1 Å². The highest BCUT2D eigenvalue weighted by molar-refractivity contribution is 7.99. The molecule has 1 aromatic heterocycles. The number of amides is 2. The number of furan rings is 1. The van der Waals surface area contributed by atoms with Gasteiger partial charge < -0.3 is 9.73 Å². The summed E-state index contributed by atoms with van der Waals surface area (Å²) in [6.07, 6.45) is 2.13. The summed E-state index contributed by atoms with van der Waals surface area (Å²) in [5, 5.41) is 2.79. The second kappa shape index (κ2) is 9.03. The van der Waals surface area contributed by atoms with Crippen molar-refractivity contribution in [2.75, 3.05) is 6.54 Å². The number of carbonyl (C=O) groups is 2. The van der Waals surface area contributed by atoms with Crippen molar-refractivity contribution in [1.29, 1.82) is 0 Å². The van der Waals surface area contributed by atoms with Crippen molar-refractivity contribution in [2.45, 2.75) is 19.9 Å². The van der Waals surface area contributed by atoms with Gasteiger partial charge in [-0.05, 0) is 54.4 Å². The molecule has 0 atom stereocenters. The zero-order valence-corrected chi connectivity index (χ0v) is 18.6. The number of hydrogen-bond acceptors (Lipinski definition) is 5. The minimum atomic E-state index is -4.10. The number of sulfonamides is 1. The van der Waals surface area contributed by atoms with Crippen molar-refractivity contribution >= 4 is 26.7 Å². The van der Waals surface area contributed by atoms with Gasteiger partial charge in [0, 0.05) is 24.1 Å². The third-order valence-corrected chi connectivity index (χ3v) is 7.25. The zero-order valence-electron chi connectivity index (χ0n) is 17.7. The van der Waals surface area contributed by atoms with Crippen LogP contribution in [0.3, 0.4) is 0 Å². The Balaban J connectivity index is 1.44. The number of carbonyl (C=O) groups excluding carboxylic acids is 2. The molecule has 1 aliphatic heterocycles. The monoisotopic (exact) mass is 468 g/mol. The number of rotatable bonds is 7. The van der Waals surface area contributed by atoms with Gasteiger partial charge in [-0.1, -0.05) is 24.3 Å². The van der Waals surface area contributed by atoms with Gasteiger partial charge in [0.25, 0.3) is 21.8 Å². The molecule has 1 N–H and O–H groups in total. The predicted octanol–water partition coefficient (Wildman–Crippen LogP) is 3.49. The molecule has 0 spiro atoms. The Morgan fingerprint density at radius 2 is 1.76 bits per heavy atom. The molecular weight excluding hydrogens is 447 g/mol. The molecule has 0 saturated heterocycles. The van der Waals surface area contributed by atoms with Gasteiger partial charge >= 0.3 is 0 Å². The van der Waals surface area contributed by atoms with Crippen molar-refractivity contribution in [3.63, 3.8) is 0 Å². The maximum atomic E-state index is 13.3. The van der Waals surface area contributed by atoms with Crippen molar-refractivity contribution in [3.05, 3.63) is 101 Å². The smallest absolute Gasteiger partial charge is 0.268 e. The lowest BCUT2D eigenvalue weighted by molar-refractivity contribution is -0.122. The first kappa shape index (κ1) is 22.5. The average Bonchev–Trinajstić information content (AvgIpc) is 3.37. The van der Waals surface area contributed by atoms with E-state index in [1.165, 1.54) is 19.1 Å². The number of halogens is 1. The van der Waals surface area contributed by atoms with Crippen molar-refractivity contribution in [1.82, 2.24) is 9.62 Å². The summed E-state index contributed by atoms with van der Waals surface area (Å²) in [7, 11) is -4.10. The van der Waals surface area contributed by atoms with E-state index in [-0.39, 0.29) is 28.5 Å². The summed E-state index contributed by atoms with van der Waals surface area (Å²) in [5.74, 6) is -0.630. The highest BCUT2D eigenvalue weighted by atomic mass is 32.2. The Morgan fingerprint density at radius 1 is 1.06 bits per heavy atom. The summed E-state index contributed by atoms with van der Waals surface area (Å²) in [5.41, 5.74) is 1.29. The van der Waals surface area contributed by atoms with Crippen LogP contribution in [0.5, 0.6) is 0 Å². The number of nitrogens with zero attached hydrogens (tertiary/aromatic N) is 1. The molecule has 9 heteroatoms. The molecule has 2 aromatic carbocycles. The second-order valence-electron chi connectivity index (χ2n) is 7.56. The number of benzene rings is 2. The summed E-state index contributed by atoms with van der Waals surface area (Å²) in [6.45, 7) is 1.67. The summed E-state index contributed by atoms with van der Waals surface area (Å²) < 4.78 is 45.4. The van der Waals surface area contributed by atoms with Gasteiger partial charge in [-0.2, -0.15) is 0 Å². The van der Waals surface area contributed by atoms with Crippen LogP contribution >= 0.6 is 0 Å². The summed E-state index contributed by atoms with van der Waals surface area (Å²) in [4.78, 5) is 24.9. The lowest BCUT2D eigenvalue weighted by Crippen LogP contribution is -2.31. The first-order valence-corrected chi connectivity index (χ1v) is 11.6. The first-order chi connectivity index (χ1) is 15.8. The van der Waals surface area contributed by atoms with Crippen LogP contribution in [0.15, 0.2) is 76.9 Å². The van der Waals surface area contributed by atoms with Crippen LogP contribution in [0.25, 0.3) is 4.91 Å². The molecule has 1 aliphatic rings. The molecule has 0 radical (unpaired) electrons. The van der Waals surface area contributed by atoms with Gasteiger partial charge in [0.05, 0.1) is 12.8 Å². The number of hydrogen-bond donors (Lipinski definition) is 1. The minimum absolute atomic E-state index is 0.0779. The molecule has 7 nitrogen and oxygen atoms in total. The molecule has 2 amide bonds. The highest BCUT2D eigenvalue weighted by Crippen LogP contribution is 2.36. The Labute approximate surface area is 190 Å². The zero-order chi connectivity index (χ0) is 23.6. The third kappa shape index (κ3) is 4.58. The molecule has 0 saturated carbocycles. The van der Waals surface area contributed by atoms with Crippen LogP contribution in [0, 0.1) is 5.82 Å². The third-order valence-electron chi connectivity index (χ3n) is 5.32. The lowest BCUT2D eigenvalue weighted by atomic mass is 10.1. The van der Waals surface area contributed by atoms with Crippen molar-refractivity contribution in [2.24, 2.45) is 0 Å². The van der Waals surface area contributed by atoms with E-state index in [0.717, 1.165) is 22.2 Å². The Hall–Kier alpha value is -3.72. The number of nitrogens with one attached hydrogen (secondary N) is 1. The Kier molecular flexibility index (Phi) is 6.15. The SMILES string of the molecule is CC1=C(c2ccc(F)cc2)S(=O)(=O)N(Cc2ccc(C(=O)NCCc3ccco3)cc2)C1=O. The van der Waals surface area contributed by atoms with Gasteiger partial charge in [-0.3, -0.25) is 9.59 Å². The highest BCUT2D eigenvalue weighted by Gasteiger charge is 2.42. The van der Waals surface area contributed by atoms with E-state index in [0.29, 0.717) is 24.1 Å². The summed E-state index contributed by atoms with van der Waals surface area (Å²) in [6, 6.07) is 14.9. The summed E-state index contributed by atoms with van der Waals surface area (Å²) >= 11 is 0. The van der Waals surface area contributed by atoms with Crippen LogP contribution in [0.2, 0.25) is 0 Å². The quantitative estimate of drug-likeness (QED) is 0.573. The first-order valence-electron chi connectivity index (χ1n) is 10.2. The van der Waals surface area contributed by atoms with Crippen molar-refractivity contribution < 1.29 is 26.8 Å². The van der Waals surface area contributed by atoms with E-state index in [2.05, 4.69) is 5.32 Å². The molecule has 0 fully saturated rings. The van der Waals surface area contributed by atoms with E-state index in [4.69, 9.17) is 4.42 Å². The van der Waals surface area contributed by atoms with Gasteiger partial charge in [-0.25, -0.2) is 17.1 Å². The molecule has 3 aromatic rings. The van der Waals surface area contributed by atoms with Crippen molar-refractivity contribution in [3.8, 4) is 0 Å². The van der Waals surface area contributed by atoms with Crippen LogP contribution in [0.4, 0.5) is 4.39 Å². The van der Waals surface area contributed by atoms with Gasteiger partial charge in [0.15, 0.2) is 0 Å². The van der Waals surface area contributed by atoms with E-state index >= 15 is 0 Å². The van der Waals surface area contributed by atoms with Gasteiger partial charge in [0.1, 0.15) is 16.5 Å². The fraction of sp³-hybridized carbons (Fsp3) is 0.167. The molecule has 2 heterocycles. The van der Waals surface area contributed by atoms with Crippen LogP contribution in [0.1, 0.15) is 34.2 Å². The molecule has 33 heavy (non-hydrogen) atoms. The van der Waals surface area contributed by atoms with Crippen LogP contribution in [-0.2, 0) is 27.8 Å². The second-order valence-corrected chi connectivity index (χ2v) is 9.36. The van der Waals surface area contributed by atoms with E-state index in [1.807, 2.05) is 6.07 Å². The molecule has 0 aliphatic carbocycles. The standard InChI is InChI=1S/C24H21FN2O5S/c1-16-22(18-8-10-20(25)11-9-18)33(30,31)27(24(16)29)15-17-4-6-19(7-5-17)23(28)26-13-12-21-3-2-14-32-21/h2-11,14H,12-13,15H2,1H3,(H,26,28). The fourth-order valence-electron chi connectivity index (χ4n) is 3.60. The van der Waals surface area contributed by atoms with Crippen LogP contribution < -0.4 is 5.32 Å². The fourth-order valence-corrected chi connectivity index (χ4v) is 5.41. The van der Waals surface area contributed by atoms with E-state index in [1.54, 1.807) is 36.6 Å². The topological polar surface area (TPSA) is 96.7 Å². The molecule has 0 unspecified atom stereocenters. The Bertz CT molecular complexity index is 1310. The van der Waals surface area contributed by atoms with Gasteiger partial charge in [-0.15, -0.1) is 0 Å². The predicted molar refractivity (Wildman–Crippen MR) is 120 cm³/mol. The molecule has 170 valence electrons. The van der Waals surface area contributed by atoms with E-state index in [9.17, 15) is 22.4 Å². The molecular formula is C24H21FN2O5S.